The first-order chi connectivity index (χ1) is 7.90. The van der Waals surface area contributed by atoms with Crippen LogP contribution < -0.4 is 4.74 Å². The summed E-state index contributed by atoms with van der Waals surface area (Å²) >= 11 is 0. The molecule has 1 aliphatic rings. The van der Waals surface area contributed by atoms with Crippen LogP contribution >= 0.6 is 0 Å². The number of ether oxygens (including phenoxy) is 2. The molecule has 1 heterocycles. The molecule has 0 bridgehead atoms. The zero-order chi connectivity index (χ0) is 11.2. The van der Waals surface area contributed by atoms with Crippen molar-refractivity contribution in [1.82, 2.24) is 0 Å². The lowest BCUT2D eigenvalue weighted by molar-refractivity contribution is 0.0494. The fraction of sp³-hybridized carbons (Fsp3) is 0.538. The fourth-order valence-corrected chi connectivity index (χ4v) is 1.90. The van der Waals surface area contributed by atoms with Gasteiger partial charge in [0.1, 0.15) is 5.75 Å². The Labute approximate surface area is 96.0 Å². The Balaban J connectivity index is 1.88. The molecule has 1 N–H and O–H groups in total. The van der Waals surface area contributed by atoms with Gasteiger partial charge in [-0.25, -0.2) is 0 Å². The van der Waals surface area contributed by atoms with Gasteiger partial charge in [0.15, 0.2) is 0 Å². The zero-order valence-corrected chi connectivity index (χ0v) is 9.39. The number of hydrogen-bond acceptors (Lipinski definition) is 3. The van der Waals surface area contributed by atoms with Crippen LogP contribution in [0.15, 0.2) is 24.3 Å². The molecule has 3 heteroatoms. The summed E-state index contributed by atoms with van der Waals surface area (Å²) in [7, 11) is 0. The van der Waals surface area contributed by atoms with Gasteiger partial charge in [-0.3, -0.25) is 0 Å². The van der Waals surface area contributed by atoms with E-state index >= 15 is 0 Å². The SMILES string of the molecule is OCc1ccccc1OCC1CCOCC1. The molecule has 1 saturated heterocycles. The number of aliphatic hydroxyl groups excluding tert-OH is 1. The highest BCUT2D eigenvalue weighted by Crippen LogP contribution is 2.21. The molecule has 2 rings (SSSR count). The Kier molecular flexibility index (Phi) is 4.19. The lowest BCUT2D eigenvalue weighted by Crippen LogP contribution is -2.21. The van der Waals surface area contributed by atoms with E-state index in [9.17, 15) is 0 Å². The maximum Gasteiger partial charge on any atom is 0.124 e. The van der Waals surface area contributed by atoms with Crippen molar-refractivity contribution in [3.8, 4) is 5.75 Å². The van der Waals surface area contributed by atoms with Crippen LogP contribution in [0.4, 0.5) is 0 Å². The summed E-state index contributed by atoms with van der Waals surface area (Å²) in [6.45, 7) is 2.44. The molecule has 0 amide bonds. The second-order valence-electron chi connectivity index (χ2n) is 4.13. The van der Waals surface area contributed by atoms with Gasteiger partial charge in [-0.1, -0.05) is 18.2 Å². The lowest BCUT2D eigenvalue weighted by Gasteiger charge is -2.22. The summed E-state index contributed by atoms with van der Waals surface area (Å²) in [6, 6.07) is 7.63. The molecule has 0 saturated carbocycles. The van der Waals surface area contributed by atoms with Crippen molar-refractivity contribution in [3.05, 3.63) is 29.8 Å². The zero-order valence-electron chi connectivity index (χ0n) is 9.39. The van der Waals surface area contributed by atoms with Gasteiger partial charge in [-0.05, 0) is 24.8 Å². The summed E-state index contributed by atoms with van der Waals surface area (Å²) in [5.41, 5.74) is 0.856. The highest BCUT2D eigenvalue weighted by atomic mass is 16.5. The fourth-order valence-electron chi connectivity index (χ4n) is 1.90. The standard InChI is InChI=1S/C13H18O3/c14-9-12-3-1-2-4-13(12)16-10-11-5-7-15-8-6-11/h1-4,11,14H,5-10H2. The first kappa shape index (κ1) is 11.4. The summed E-state index contributed by atoms with van der Waals surface area (Å²) in [5, 5.41) is 9.16. The van der Waals surface area contributed by atoms with Crippen molar-refractivity contribution >= 4 is 0 Å². The van der Waals surface area contributed by atoms with E-state index < -0.39 is 0 Å². The number of hydrogen-bond donors (Lipinski definition) is 1. The van der Waals surface area contributed by atoms with Crippen LogP contribution in [0.5, 0.6) is 5.75 Å². The van der Waals surface area contributed by atoms with Crippen LogP contribution in [0.25, 0.3) is 0 Å². The number of aliphatic hydroxyl groups is 1. The van der Waals surface area contributed by atoms with Crippen LogP contribution in [-0.2, 0) is 11.3 Å². The molecule has 88 valence electrons. The van der Waals surface area contributed by atoms with Gasteiger partial charge in [0, 0.05) is 18.8 Å². The average molecular weight is 222 g/mol. The van der Waals surface area contributed by atoms with Crippen molar-refractivity contribution < 1.29 is 14.6 Å². The van der Waals surface area contributed by atoms with Crippen LogP contribution in [0.2, 0.25) is 0 Å². The number of para-hydroxylation sites is 1. The van der Waals surface area contributed by atoms with E-state index in [-0.39, 0.29) is 6.61 Å². The molecule has 0 unspecified atom stereocenters. The summed E-state index contributed by atoms with van der Waals surface area (Å²) in [6.07, 6.45) is 2.14. The molecule has 0 radical (unpaired) electrons. The molecule has 0 aromatic heterocycles. The highest BCUT2D eigenvalue weighted by Gasteiger charge is 2.14. The minimum absolute atomic E-state index is 0.0317. The minimum atomic E-state index is 0.0317. The Morgan fingerprint density at radius 3 is 2.75 bits per heavy atom. The van der Waals surface area contributed by atoms with Gasteiger partial charge >= 0.3 is 0 Å². The maximum absolute atomic E-state index is 9.16. The molecule has 1 aromatic carbocycles. The molecule has 1 aliphatic heterocycles. The van der Waals surface area contributed by atoms with E-state index in [0.29, 0.717) is 5.92 Å². The molecular formula is C13H18O3. The predicted molar refractivity (Wildman–Crippen MR) is 61.4 cm³/mol. The van der Waals surface area contributed by atoms with Crippen LogP contribution in [0.1, 0.15) is 18.4 Å². The first-order valence-electron chi connectivity index (χ1n) is 5.79. The molecular weight excluding hydrogens is 204 g/mol. The quantitative estimate of drug-likeness (QED) is 0.846. The number of benzene rings is 1. The van der Waals surface area contributed by atoms with E-state index in [2.05, 4.69) is 0 Å². The average Bonchev–Trinajstić information content (AvgIpc) is 2.38. The van der Waals surface area contributed by atoms with Crippen LogP contribution in [0.3, 0.4) is 0 Å². The third-order valence-corrected chi connectivity index (χ3v) is 2.96. The second kappa shape index (κ2) is 5.87. The summed E-state index contributed by atoms with van der Waals surface area (Å²) in [5.74, 6) is 1.39. The van der Waals surface area contributed by atoms with Crippen molar-refractivity contribution in [2.24, 2.45) is 5.92 Å². The van der Waals surface area contributed by atoms with E-state index in [0.717, 1.165) is 44.0 Å². The van der Waals surface area contributed by atoms with Crippen molar-refractivity contribution in [3.63, 3.8) is 0 Å². The maximum atomic E-state index is 9.16. The Bertz CT molecular complexity index is 319. The van der Waals surface area contributed by atoms with Crippen molar-refractivity contribution in [2.45, 2.75) is 19.4 Å². The molecule has 1 fully saturated rings. The molecule has 0 spiro atoms. The molecule has 3 nitrogen and oxygen atoms in total. The van der Waals surface area contributed by atoms with Gasteiger partial charge < -0.3 is 14.6 Å². The molecule has 0 aliphatic carbocycles. The van der Waals surface area contributed by atoms with E-state index in [1.807, 2.05) is 24.3 Å². The number of rotatable bonds is 4. The summed E-state index contributed by atoms with van der Waals surface area (Å²) in [4.78, 5) is 0. The minimum Gasteiger partial charge on any atom is -0.493 e. The van der Waals surface area contributed by atoms with Crippen molar-refractivity contribution in [2.75, 3.05) is 19.8 Å². The predicted octanol–water partition coefficient (Wildman–Crippen LogP) is 1.98. The monoisotopic (exact) mass is 222 g/mol. The Morgan fingerprint density at radius 1 is 1.25 bits per heavy atom. The molecule has 0 atom stereocenters. The third kappa shape index (κ3) is 2.97. The van der Waals surface area contributed by atoms with Gasteiger partial charge in [0.05, 0.1) is 13.2 Å². The van der Waals surface area contributed by atoms with Gasteiger partial charge in [0.25, 0.3) is 0 Å². The van der Waals surface area contributed by atoms with E-state index in [4.69, 9.17) is 14.6 Å². The van der Waals surface area contributed by atoms with E-state index in [1.54, 1.807) is 0 Å². The van der Waals surface area contributed by atoms with Crippen LogP contribution in [-0.4, -0.2) is 24.9 Å². The van der Waals surface area contributed by atoms with Gasteiger partial charge in [0.2, 0.25) is 0 Å². The Morgan fingerprint density at radius 2 is 2.00 bits per heavy atom. The largest absolute Gasteiger partial charge is 0.493 e. The van der Waals surface area contributed by atoms with Crippen molar-refractivity contribution in [1.29, 1.82) is 0 Å². The van der Waals surface area contributed by atoms with Gasteiger partial charge in [-0.15, -0.1) is 0 Å². The van der Waals surface area contributed by atoms with E-state index in [1.165, 1.54) is 0 Å². The molecule has 16 heavy (non-hydrogen) atoms. The molecule has 1 aromatic rings. The smallest absolute Gasteiger partial charge is 0.124 e. The lowest BCUT2D eigenvalue weighted by atomic mass is 10.0. The van der Waals surface area contributed by atoms with Crippen LogP contribution in [0, 0.1) is 5.92 Å². The topological polar surface area (TPSA) is 38.7 Å². The Hall–Kier alpha value is -1.06. The third-order valence-electron chi connectivity index (χ3n) is 2.96. The highest BCUT2D eigenvalue weighted by molar-refractivity contribution is 5.32. The summed E-state index contributed by atoms with van der Waals surface area (Å²) < 4.78 is 11.1. The second-order valence-corrected chi connectivity index (χ2v) is 4.13. The normalized spacial score (nSPS) is 17.3. The van der Waals surface area contributed by atoms with Gasteiger partial charge in [-0.2, -0.15) is 0 Å². The first-order valence-corrected chi connectivity index (χ1v) is 5.79.